The molecule has 1 heterocycles. The summed E-state index contributed by atoms with van der Waals surface area (Å²) in [5.41, 5.74) is 7.52. The second kappa shape index (κ2) is 7.43. The molecule has 0 radical (unpaired) electrons. The van der Waals surface area contributed by atoms with Gasteiger partial charge in [0.15, 0.2) is 0 Å². The highest BCUT2D eigenvalue weighted by Crippen LogP contribution is 2.28. The van der Waals surface area contributed by atoms with Crippen LogP contribution in [0.4, 0.5) is 0 Å². The lowest BCUT2D eigenvalue weighted by Gasteiger charge is -2.34. The zero-order valence-electron chi connectivity index (χ0n) is 12.8. The molecule has 21 heavy (non-hydrogen) atoms. The first kappa shape index (κ1) is 15.8. The molecule has 1 aromatic rings. The third-order valence-corrected chi connectivity index (χ3v) is 4.05. The van der Waals surface area contributed by atoms with E-state index in [0.717, 1.165) is 30.8 Å². The molecule has 0 saturated carbocycles. The van der Waals surface area contributed by atoms with Crippen LogP contribution in [-0.2, 0) is 4.79 Å². The lowest BCUT2D eigenvalue weighted by atomic mass is 9.96. The second-order valence-electron chi connectivity index (χ2n) is 5.43. The molecule has 0 aromatic heterocycles. The highest BCUT2D eigenvalue weighted by atomic mass is 16.5. The van der Waals surface area contributed by atoms with Crippen molar-refractivity contribution < 1.29 is 9.53 Å². The molecule has 116 valence electrons. The highest BCUT2D eigenvalue weighted by molar-refractivity contribution is 5.76. The van der Waals surface area contributed by atoms with Crippen LogP contribution in [0.5, 0.6) is 5.75 Å². The van der Waals surface area contributed by atoms with Gasteiger partial charge in [-0.15, -0.1) is 0 Å². The van der Waals surface area contributed by atoms with Crippen LogP contribution in [0, 0.1) is 0 Å². The zero-order chi connectivity index (χ0) is 15.2. The van der Waals surface area contributed by atoms with Gasteiger partial charge in [0.2, 0.25) is 5.91 Å². The molecule has 5 nitrogen and oxygen atoms in total. The Morgan fingerprint density at radius 1 is 1.43 bits per heavy atom. The van der Waals surface area contributed by atoms with Crippen LogP contribution >= 0.6 is 0 Å². The number of nitrogens with zero attached hydrogens (tertiary/aromatic N) is 1. The van der Waals surface area contributed by atoms with Crippen molar-refractivity contribution in [3.8, 4) is 5.75 Å². The van der Waals surface area contributed by atoms with E-state index in [1.54, 1.807) is 7.11 Å². The van der Waals surface area contributed by atoms with Gasteiger partial charge >= 0.3 is 0 Å². The maximum absolute atomic E-state index is 11.5. The maximum Gasteiger partial charge on any atom is 0.221 e. The SMILES string of the molecule is CCC(N)C(c1cccc(OC)c1)N1CCNC(=O)CC1. The van der Waals surface area contributed by atoms with E-state index in [4.69, 9.17) is 10.5 Å². The Bertz CT molecular complexity index is 478. The Kier molecular flexibility index (Phi) is 5.59. The average molecular weight is 291 g/mol. The van der Waals surface area contributed by atoms with Crippen LogP contribution in [-0.4, -0.2) is 43.6 Å². The number of nitrogens with one attached hydrogen (secondary N) is 1. The maximum atomic E-state index is 11.5. The Morgan fingerprint density at radius 3 is 2.95 bits per heavy atom. The number of rotatable bonds is 5. The van der Waals surface area contributed by atoms with Crippen molar-refractivity contribution in [2.75, 3.05) is 26.7 Å². The summed E-state index contributed by atoms with van der Waals surface area (Å²) < 4.78 is 5.32. The molecule has 2 rings (SSSR count). The minimum atomic E-state index is 0.0327. The molecule has 1 fully saturated rings. The summed E-state index contributed by atoms with van der Waals surface area (Å²) >= 11 is 0. The second-order valence-corrected chi connectivity index (χ2v) is 5.43. The van der Waals surface area contributed by atoms with Gasteiger partial charge in [0, 0.05) is 32.1 Å². The summed E-state index contributed by atoms with van der Waals surface area (Å²) in [4.78, 5) is 13.8. The van der Waals surface area contributed by atoms with Crippen molar-refractivity contribution >= 4 is 5.91 Å². The lowest BCUT2D eigenvalue weighted by Crippen LogP contribution is -2.42. The summed E-state index contributed by atoms with van der Waals surface area (Å²) in [6, 6.07) is 8.20. The van der Waals surface area contributed by atoms with E-state index in [1.807, 2.05) is 18.2 Å². The quantitative estimate of drug-likeness (QED) is 0.858. The summed E-state index contributed by atoms with van der Waals surface area (Å²) in [5, 5.41) is 2.91. The van der Waals surface area contributed by atoms with Gasteiger partial charge < -0.3 is 15.8 Å². The lowest BCUT2D eigenvalue weighted by molar-refractivity contribution is -0.120. The van der Waals surface area contributed by atoms with Crippen LogP contribution in [0.3, 0.4) is 0 Å². The number of hydrogen-bond acceptors (Lipinski definition) is 4. The molecule has 1 saturated heterocycles. The summed E-state index contributed by atoms with van der Waals surface area (Å²) in [5.74, 6) is 0.955. The van der Waals surface area contributed by atoms with E-state index in [9.17, 15) is 4.79 Å². The third-order valence-electron chi connectivity index (χ3n) is 4.05. The zero-order valence-corrected chi connectivity index (χ0v) is 12.8. The monoisotopic (exact) mass is 291 g/mol. The van der Waals surface area contributed by atoms with Crippen LogP contribution < -0.4 is 15.8 Å². The van der Waals surface area contributed by atoms with Crippen LogP contribution in [0.1, 0.15) is 31.4 Å². The van der Waals surface area contributed by atoms with Crippen molar-refractivity contribution in [1.82, 2.24) is 10.2 Å². The number of methoxy groups -OCH3 is 1. The van der Waals surface area contributed by atoms with E-state index >= 15 is 0 Å². The molecular weight excluding hydrogens is 266 g/mol. The molecule has 3 N–H and O–H groups in total. The number of benzene rings is 1. The Morgan fingerprint density at radius 2 is 2.24 bits per heavy atom. The third kappa shape index (κ3) is 3.95. The number of amides is 1. The molecule has 0 spiro atoms. The first-order chi connectivity index (χ1) is 10.2. The van der Waals surface area contributed by atoms with Crippen LogP contribution in [0.25, 0.3) is 0 Å². The number of carbonyl (C=O) groups is 1. The van der Waals surface area contributed by atoms with Gasteiger partial charge in [-0.2, -0.15) is 0 Å². The molecule has 2 unspecified atom stereocenters. The fourth-order valence-corrected chi connectivity index (χ4v) is 2.84. The van der Waals surface area contributed by atoms with Gasteiger partial charge in [-0.1, -0.05) is 19.1 Å². The van der Waals surface area contributed by atoms with Crippen LogP contribution in [0.2, 0.25) is 0 Å². The van der Waals surface area contributed by atoms with Gasteiger partial charge in [0.05, 0.1) is 13.2 Å². The predicted octanol–water partition coefficient (Wildman–Crippen LogP) is 1.30. The molecule has 0 bridgehead atoms. The highest BCUT2D eigenvalue weighted by Gasteiger charge is 2.27. The van der Waals surface area contributed by atoms with E-state index in [-0.39, 0.29) is 18.0 Å². The smallest absolute Gasteiger partial charge is 0.221 e. The van der Waals surface area contributed by atoms with Crippen LogP contribution in [0.15, 0.2) is 24.3 Å². The molecular formula is C16H25N3O2. The molecule has 2 atom stereocenters. The summed E-state index contributed by atoms with van der Waals surface area (Å²) in [7, 11) is 1.67. The minimum absolute atomic E-state index is 0.0327. The van der Waals surface area contributed by atoms with Gasteiger partial charge in [0.25, 0.3) is 0 Å². The fraction of sp³-hybridized carbons (Fsp3) is 0.562. The molecule has 0 aliphatic carbocycles. The first-order valence-electron chi connectivity index (χ1n) is 7.56. The molecule has 5 heteroatoms. The molecule has 1 aromatic carbocycles. The Hall–Kier alpha value is -1.59. The van der Waals surface area contributed by atoms with E-state index in [2.05, 4.69) is 23.2 Å². The number of ether oxygens (including phenoxy) is 1. The van der Waals surface area contributed by atoms with Crippen molar-refractivity contribution in [2.45, 2.75) is 31.8 Å². The number of hydrogen-bond donors (Lipinski definition) is 2. The van der Waals surface area contributed by atoms with Gasteiger partial charge in [0.1, 0.15) is 5.75 Å². The van der Waals surface area contributed by atoms with E-state index in [0.29, 0.717) is 13.0 Å². The number of nitrogens with two attached hydrogens (primary N) is 1. The number of carbonyl (C=O) groups excluding carboxylic acids is 1. The topological polar surface area (TPSA) is 67.6 Å². The van der Waals surface area contributed by atoms with E-state index < -0.39 is 0 Å². The fourth-order valence-electron chi connectivity index (χ4n) is 2.84. The Labute approximate surface area is 126 Å². The largest absolute Gasteiger partial charge is 0.497 e. The predicted molar refractivity (Wildman–Crippen MR) is 83.2 cm³/mol. The average Bonchev–Trinajstić information content (AvgIpc) is 2.72. The molecule has 1 amide bonds. The first-order valence-corrected chi connectivity index (χ1v) is 7.56. The summed E-state index contributed by atoms with van der Waals surface area (Å²) in [6.07, 6.45) is 1.41. The van der Waals surface area contributed by atoms with E-state index in [1.165, 1.54) is 0 Å². The standard InChI is InChI=1S/C16H25N3O2/c1-3-14(17)16(12-5-4-6-13(11-12)21-2)19-9-7-15(20)18-8-10-19/h4-6,11,14,16H,3,7-10,17H2,1-2H3,(H,18,20). The minimum Gasteiger partial charge on any atom is -0.497 e. The normalized spacial score (nSPS) is 19.5. The van der Waals surface area contributed by atoms with Gasteiger partial charge in [-0.25, -0.2) is 0 Å². The van der Waals surface area contributed by atoms with Gasteiger partial charge in [-0.3, -0.25) is 9.69 Å². The Balaban J connectivity index is 2.26. The summed E-state index contributed by atoms with van der Waals surface area (Å²) in [6.45, 7) is 4.33. The van der Waals surface area contributed by atoms with Crippen molar-refractivity contribution in [3.05, 3.63) is 29.8 Å². The van der Waals surface area contributed by atoms with Crippen molar-refractivity contribution in [3.63, 3.8) is 0 Å². The van der Waals surface area contributed by atoms with Gasteiger partial charge in [-0.05, 0) is 24.1 Å². The van der Waals surface area contributed by atoms with Crippen molar-refractivity contribution in [1.29, 1.82) is 0 Å². The van der Waals surface area contributed by atoms with Crippen molar-refractivity contribution in [2.24, 2.45) is 5.73 Å². The molecule has 1 aliphatic rings. The molecule has 1 aliphatic heterocycles.